The lowest BCUT2D eigenvalue weighted by molar-refractivity contribution is 0.481. The summed E-state index contributed by atoms with van der Waals surface area (Å²) in [4.78, 5) is 11.5. The zero-order chi connectivity index (χ0) is 56.9. The van der Waals surface area contributed by atoms with Gasteiger partial charge >= 0.3 is 0 Å². The first kappa shape index (κ1) is 51.8. The van der Waals surface area contributed by atoms with Crippen LogP contribution < -0.4 is 0 Å². The van der Waals surface area contributed by atoms with Gasteiger partial charge in [-0.15, -0.1) is 0 Å². The van der Waals surface area contributed by atoms with Gasteiger partial charge in [-0.2, -0.15) is 0 Å². The van der Waals surface area contributed by atoms with Gasteiger partial charge in [0.2, 0.25) is 0 Å². The van der Waals surface area contributed by atoms with Gasteiger partial charge in [-0.3, -0.25) is 0 Å². The Morgan fingerprint density at radius 1 is 0.430 bits per heavy atom. The third-order valence-corrected chi connectivity index (χ3v) is 19.2. The molecule has 0 spiro atoms. The summed E-state index contributed by atoms with van der Waals surface area (Å²) in [6.45, 7) is 0. The maximum atomic E-state index is 5.73. The van der Waals surface area contributed by atoms with Crippen LogP contribution in [0.2, 0.25) is 0 Å². The van der Waals surface area contributed by atoms with Gasteiger partial charge in [0.1, 0.15) is 0 Å². The summed E-state index contributed by atoms with van der Waals surface area (Å²) < 4.78 is 0. The number of benzene rings is 8. The first-order chi connectivity index (χ1) is 42.6. The Balaban J connectivity index is 0.783. The summed E-state index contributed by atoms with van der Waals surface area (Å²) in [7, 11) is 0. The smallest absolute Gasteiger partial charge is 0.156 e. The predicted molar refractivity (Wildman–Crippen MR) is 363 cm³/mol. The number of allylic oxidation sites excluding steroid dienone is 26. The van der Waals surface area contributed by atoms with Crippen molar-refractivity contribution < 1.29 is 0 Å². The van der Waals surface area contributed by atoms with Crippen molar-refractivity contribution in [3.63, 3.8) is 0 Å². The van der Waals surface area contributed by atoms with Crippen LogP contribution >= 0.6 is 0 Å². The van der Waals surface area contributed by atoms with Gasteiger partial charge in [-0.05, 0) is 204 Å². The highest BCUT2D eigenvalue weighted by atomic mass is 14.9. The minimum absolute atomic E-state index is 0.225. The van der Waals surface area contributed by atoms with Gasteiger partial charge in [-0.25, -0.2) is 9.97 Å². The molecule has 0 fully saturated rings. The van der Waals surface area contributed by atoms with E-state index in [0.717, 1.165) is 97.3 Å². The predicted octanol–water partition coefficient (Wildman–Crippen LogP) is 21.9. The van der Waals surface area contributed by atoms with Crippen molar-refractivity contribution in [3.8, 4) is 33.6 Å². The van der Waals surface area contributed by atoms with E-state index in [4.69, 9.17) is 9.97 Å². The average Bonchev–Trinajstić information content (AvgIpc) is 1.27. The fourth-order valence-corrected chi connectivity index (χ4v) is 15.0. The Morgan fingerprint density at radius 3 is 1.85 bits per heavy atom. The number of hydrogen-bond donors (Lipinski definition) is 0. The second-order valence-electron chi connectivity index (χ2n) is 24.2. The molecule has 8 aromatic carbocycles. The molecule has 3 unspecified atom stereocenters. The number of aromatic nitrogens is 2. The number of rotatable bonds is 10. The molecular weight excluding hydrogens is 1040 g/mol. The lowest BCUT2D eigenvalue weighted by Gasteiger charge is -2.38. The molecule has 0 bridgehead atoms. The summed E-state index contributed by atoms with van der Waals surface area (Å²) in [5.74, 6) is 1.97. The molecule has 412 valence electrons. The maximum absolute atomic E-state index is 5.73. The van der Waals surface area contributed by atoms with Crippen LogP contribution in [0, 0.1) is 17.8 Å². The Kier molecular flexibility index (Phi) is 13.5. The second kappa shape index (κ2) is 22.3. The van der Waals surface area contributed by atoms with Gasteiger partial charge < -0.3 is 0 Å². The van der Waals surface area contributed by atoms with Gasteiger partial charge in [-0.1, -0.05) is 255 Å². The summed E-state index contributed by atoms with van der Waals surface area (Å²) in [6, 6.07) is 67.1. The van der Waals surface area contributed by atoms with E-state index in [0.29, 0.717) is 11.8 Å². The zero-order valence-corrected chi connectivity index (χ0v) is 48.5. The molecule has 0 radical (unpaired) electrons. The normalized spacial score (nSPS) is 20.0. The monoisotopic (exact) mass is 1100 g/mol. The van der Waals surface area contributed by atoms with Gasteiger partial charge in [0.15, 0.2) is 5.82 Å². The third-order valence-electron chi connectivity index (χ3n) is 19.2. The fourth-order valence-electron chi connectivity index (χ4n) is 15.0. The summed E-state index contributed by atoms with van der Waals surface area (Å²) in [6.07, 6.45) is 45.0. The molecule has 86 heavy (non-hydrogen) atoms. The van der Waals surface area contributed by atoms with Crippen LogP contribution in [0.3, 0.4) is 0 Å². The maximum Gasteiger partial charge on any atom is 0.156 e. The molecule has 2 heteroatoms. The van der Waals surface area contributed by atoms with E-state index in [9.17, 15) is 0 Å². The van der Waals surface area contributed by atoms with E-state index in [1.165, 1.54) is 110 Å². The molecule has 0 amide bonds. The topological polar surface area (TPSA) is 25.8 Å². The average molecular weight is 1100 g/mol. The first-order valence-corrected chi connectivity index (χ1v) is 31.3. The largest absolute Gasteiger partial charge is 0.228 e. The first-order valence-electron chi connectivity index (χ1n) is 31.3. The highest BCUT2D eigenvalue weighted by molar-refractivity contribution is 6.15. The summed E-state index contributed by atoms with van der Waals surface area (Å²) in [5, 5.41) is 7.75. The van der Waals surface area contributed by atoms with E-state index in [1.807, 2.05) is 0 Å². The van der Waals surface area contributed by atoms with Crippen LogP contribution in [0.5, 0.6) is 0 Å². The molecule has 0 N–H and O–H groups in total. The van der Waals surface area contributed by atoms with E-state index in [1.54, 1.807) is 0 Å². The van der Waals surface area contributed by atoms with Crippen LogP contribution in [0.1, 0.15) is 80.3 Å². The quantitative estimate of drug-likeness (QED) is 0.101. The Morgan fingerprint density at radius 2 is 1.09 bits per heavy atom. The van der Waals surface area contributed by atoms with E-state index < -0.39 is 0 Å². The molecule has 0 saturated heterocycles. The minimum atomic E-state index is 0.225. The zero-order valence-electron chi connectivity index (χ0n) is 48.5. The fraction of sp³-hybridized carbons (Fsp3) is 0.143. The molecule has 16 rings (SSSR count). The van der Waals surface area contributed by atoms with E-state index >= 15 is 0 Å². The molecule has 2 nitrogen and oxygen atoms in total. The standard InChI is InChI=1S/C84H66N2/c1-5-22-55(23-6-1)68-51-69(56-24-7-2-8-25-56)53-70(52-68)63-33-19-32-61(48-63)57-42-44-58(45-43-57)80-82(59-26-9-3-10-27-59)85-84(86-83(80)60-28-11-4-12-29-60)67-35-20-34-66(50-67)79-74-36-15-17-38-76(74)81(77-39-18-16-37-75(77)79)73-41-21-40-71-72(73)47-46-65-49-62-30-13-14-31-64(62)54-78(65)71/h1-15,17-18,21-24,26-31,33-34,38-50,52-54,56,69,74H,16,19-20,25,32,35-37,51H2. The van der Waals surface area contributed by atoms with Crippen LogP contribution in [-0.4, -0.2) is 9.97 Å². The number of hydrogen-bond acceptors (Lipinski definition) is 2. The van der Waals surface area contributed by atoms with E-state index in [2.05, 4.69) is 273 Å². The molecule has 9 aromatic rings. The van der Waals surface area contributed by atoms with Gasteiger partial charge in [0.05, 0.1) is 11.4 Å². The Bertz CT molecular complexity index is 4610. The van der Waals surface area contributed by atoms with Crippen molar-refractivity contribution in [1.82, 2.24) is 9.97 Å². The van der Waals surface area contributed by atoms with Crippen LogP contribution in [0.25, 0.3) is 88.3 Å². The van der Waals surface area contributed by atoms with Crippen LogP contribution in [0.4, 0.5) is 0 Å². The third kappa shape index (κ3) is 9.55. The Hall–Kier alpha value is -9.76. The highest BCUT2D eigenvalue weighted by Crippen LogP contribution is 2.54. The second-order valence-corrected chi connectivity index (χ2v) is 24.2. The molecular formula is C84H66N2. The van der Waals surface area contributed by atoms with Gasteiger partial charge in [0.25, 0.3) is 0 Å². The highest BCUT2D eigenvalue weighted by Gasteiger charge is 2.36. The van der Waals surface area contributed by atoms with Crippen molar-refractivity contribution in [2.75, 3.05) is 0 Å². The van der Waals surface area contributed by atoms with Crippen molar-refractivity contribution in [1.29, 1.82) is 0 Å². The SMILES string of the molecule is C1=CCC2C(=C1)C(c1cccc3c1ccc1cc4ccccc4cc13)=C1C=CCCC1=C2C1=CCCC(c2nc(-c3ccccc3)c(-c3ccc(C4=CC(C5=CC(C6C=CC=CC6)CC(c6ccccc6)=C5)=CCC4)cc3)c(-c3ccccc3)n2)=C1. The molecule has 3 atom stereocenters. The van der Waals surface area contributed by atoms with Crippen molar-refractivity contribution >= 4 is 54.6 Å². The van der Waals surface area contributed by atoms with Gasteiger partial charge in [0, 0.05) is 22.6 Å². The number of nitrogens with zero attached hydrogens (tertiary/aromatic N) is 2. The number of fused-ring (bicyclic) bond motifs is 6. The molecule has 7 aliphatic rings. The lowest BCUT2D eigenvalue weighted by Crippen LogP contribution is -2.22. The molecule has 0 saturated carbocycles. The molecule has 0 aliphatic heterocycles. The van der Waals surface area contributed by atoms with Crippen molar-refractivity contribution in [3.05, 3.63) is 335 Å². The summed E-state index contributed by atoms with van der Waals surface area (Å²) in [5.41, 5.74) is 25.2. The molecule has 1 aromatic heterocycles. The van der Waals surface area contributed by atoms with Crippen LogP contribution in [-0.2, 0) is 0 Å². The summed E-state index contributed by atoms with van der Waals surface area (Å²) >= 11 is 0. The lowest BCUT2D eigenvalue weighted by atomic mass is 9.66. The minimum Gasteiger partial charge on any atom is -0.228 e. The van der Waals surface area contributed by atoms with E-state index in [-0.39, 0.29) is 5.92 Å². The Labute approximate surface area is 505 Å². The molecule has 7 aliphatic carbocycles. The van der Waals surface area contributed by atoms with Crippen LogP contribution in [0.15, 0.2) is 312 Å². The molecule has 1 heterocycles. The van der Waals surface area contributed by atoms with Crippen molar-refractivity contribution in [2.24, 2.45) is 17.8 Å². The van der Waals surface area contributed by atoms with Crippen molar-refractivity contribution in [2.45, 2.75) is 57.8 Å².